The summed E-state index contributed by atoms with van der Waals surface area (Å²) in [7, 11) is 0. The molecule has 80 valence electrons. The fraction of sp³-hybridized carbons (Fsp3) is 0.286. The predicted molar refractivity (Wildman–Crippen MR) is 65.0 cm³/mol. The average molecular weight is 210 g/mol. The number of hydrogen-bond acceptors (Lipinski definition) is 2. The molecule has 2 heteroatoms. The number of benzene rings is 2. The Morgan fingerprint density at radius 1 is 0.562 bits per heavy atom. The van der Waals surface area contributed by atoms with E-state index in [4.69, 9.17) is 0 Å². The van der Waals surface area contributed by atoms with E-state index in [0.717, 1.165) is 26.2 Å². The Hall–Kier alpha value is -1.38. The molecular weight excluding hydrogens is 196 g/mol. The van der Waals surface area contributed by atoms with Gasteiger partial charge in [0.15, 0.2) is 0 Å². The molecule has 0 saturated heterocycles. The van der Waals surface area contributed by atoms with Crippen molar-refractivity contribution in [3.63, 3.8) is 0 Å². The van der Waals surface area contributed by atoms with Gasteiger partial charge in [0.2, 0.25) is 0 Å². The van der Waals surface area contributed by atoms with Gasteiger partial charge in [0.05, 0.1) is 0 Å². The molecule has 0 aliphatic carbocycles. The zero-order valence-electron chi connectivity index (χ0n) is 9.14. The fourth-order valence-electron chi connectivity index (χ4n) is 3.04. The highest BCUT2D eigenvalue weighted by Gasteiger charge is 2.18. The van der Waals surface area contributed by atoms with Crippen molar-refractivity contribution in [1.29, 1.82) is 0 Å². The lowest BCUT2D eigenvalue weighted by atomic mass is 9.88. The summed E-state index contributed by atoms with van der Waals surface area (Å²) in [6.45, 7) is 4.06. The van der Waals surface area contributed by atoms with Crippen LogP contribution in [0.3, 0.4) is 0 Å². The molecule has 0 saturated carbocycles. The SMILES string of the molecule is c1cc2c3c(ccc4c3c1CNC4)CNC2. The number of nitrogens with one attached hydrogen (secondary N) is 2. The molecule has 2 heterocycles. The van der Waals surface area contributed by atoms with Crippen LogP contribution in [0.1, 0.15) is 22.3 Å². The Kier molecular flexibility index (Phi) is 1.67. The first-order valence-corrected chi connectivity index (χ1v) is 5.90. The maximum absolute atomic E-state index is 3.46. The summed E-state index contributed by atoms with van der Waals surface area (Å²) < 4.78 is 0. The van der Waals surface area contributed by atoms with Crippen LogP contribution < -0.4 is 10.6 Å². The molecule has 0 spiro atoms. The normalized spacial score (nSPS) is 17.8. The second-order valence-corrected chi connectivity index (χ2v) is 4.72. The van der Waals surface area contributed by atoms with Crippen LogP contribution in [0.25, 0.3) is 10.8 Å². The lowest BCUT2D eigenvalue weighted by Crippen LogP contribution is -2.23. The van der Waals surface area contributed by atoms with Crippen molar-refractivity contribution in [3.8, 4) is 0 Å². The van der Waals surface area contributed by atoms with Crippen molar-refractivity contribution < 1.29 is 0 Å². The second kappa shape index (κ2) is 3.06. The molecule has 0 atom stereocenters. The standard InChI is InChI=1S/C14H14N2/c1-2-10-6-16-8-12-4-3-11-7-15-5-9(1)13(11)14(10)12/h1-4,15-16H,5-8H2. The van der Waals surface area contributed by atoms with E-state index in [2.05, 4.69) is 34.9 Å². The maximum Gasteiger partial charge on any atom is 0.0214 e. The summed E-state index contributed by atoms with van der Waals surface area (Å²) in [4.78, 5) is 0. The van der Waals surface area contributed by atoms with Gasteiger partial charge >= 0.3 is 0 Å². The number of rotatable bonds is 0. The first-order chi connectivity index (χ1) is 7.93. The Morgan fingerprint density at radius 2 is 0.875 bits per heavy atom. The molecule has 0 radical (unpaired) electrons. The van der Waals surface area contributed by atoms with Crippen LogP contribution in [-0.2, 0) is 26.2 Å². The second-order valence-electron chi connectivity index (χ2n) is 4.72. The zero-order chi connectivity index (χ0) is 10.5. The summed E-state index contributed by atoms with van der Waals surface area (Å²) in [6, 6.07) is 9.13. The molecule has 2 aliphatic heterocycles. The van der Waals surface area contributed by atoms with Crippen molar-refractivity contribution in [2.75, 3.05) is 0 Å². The summed E-state index contributed by atoms with van der Waals surface area (Å²) >= 11 is 0. The topological polar surface area (TPSA) is 24.1 Å². The molecule has 0 aromatic heterocycles. The third-order valence-electron chi connectivity index (χ3n) is 3.77. The van der Waals surface area contributed by atoms with Gasteiger partial charge in [-0.25, -0.2) is 0 Å². The molecule has 2 N–H and O–H groups in total. The molecular formula is C14H14N2. The molecule has 0 fully saturated rings. The minimum absolute atomic E-state index is 1.01. The highest BCUT2D eigenvalue weighted by Crippen LogP contribution is 2.33. The van der Waals surface area contributed by atoms with Crippen LogP contribution in [-0.4, -0.2) is 0 Å². The van der Waals surface area contributed by atoms with Crippen LogP contribution in [0.2, 0.25) is 0 Å². The summed E-state index contributed by atoms with van der Waals surface area (Å²) in [5.41, 5.74) is 5.85. The predicted octanol–water partition coefficient (Wildman–Crippen LogP) is 2.05. The van der Waals surface area contributed by atoms with Crippen LogP contribution >= 0.6 is 0 Å². The third-order valence-corrected chi connectivity index (χ3v) is 3.77. The van der Waals surface area contributed by atoms with E-state index in [1.54, 1.807) is 0 Å². The van der Waals surface area contributed by atoms with Gasteiger partial charge in [0.1, 0.15) is 0 Å². The van der Waals surface area contributed by atoms with Gasteiger partial charge in [0.25, 0.3) is 0 Å². The average Bonchev–Trinajstić information content (AvgIpc) is 2.36. The van der Waals surface area contributed by atoms with E-state index in [9.17, 15) is 0 Å². The van der Waals surface area contributed by atoms with Gasteiger partial charge in [0, 0.05) is 26.2 Å². The Bertz CT molecular complexity index is 488. The summed E-state index contributed by atoms with van der Waals surface area (Å²) in [6.07, 6.45) is 0. The number of hydrogen-bond donors (Lipinski definition) is 2. The van der Waals surface area contributed by atoms with E-state index in [0.29, 0.717) is 0 Å². The molecule has 2 aliphatic rings. The molecule has 2 aromatic carbocycles. The zero-order valence-corrected chi connectivity index (χ0v) is 9.14. The summed E-state index contributed by atoms with van der Waals surface area (Å²) in [5, 5.41) is 9.97. The largest absolute Gasteiger partial charge is 0.309 e. The molecule has 0 unspecified atom stereocenters. The molecule has 16 heavy (non-hydrogen) atoms. The summed E-state index contributed by atoms with van der Waals surface area (Å²) in [5.74, 6) is 0. The van der Waals surface area contributed by atoms with Gasteiger partial charge in [-0.15, -0.1) is 0 Å². The van der Waals surface area contributed by atoms with Gasteiger partial charge in [-0.05, 0) is 33.0 Å². The van der Waals surface area contributed by atoms with E-state index in [-0.39, 0.29) is 0 Å². The van der Waals surface area contributed by atoms with E-state index in [1.165, 1.54) is 33.0 Å². The minimum atomic E-state index is 1.01. The van der Waals surface area contributed by atoms with Crippen molar-refractivity contribution in [1.82, 2.24) is 10.6 Å². The quantitative estimate of drug-likeness (QED) is 0.695. The van der Waals surface area contributed by atoms with Gasteiger partial charge in [-0.1, -0.05) is 24.3 Å². The highest BCUT2D eigenvalue weighted by atomic mass is 14.9. The van der Waals surface area contributed by atoms with Gasteiger partial charge in [-0.3, -0.25) is 0 Å². The van der Waals surface area contributed by atoms with Crippen molar-refractivity contribution >= 4 is 10.8 Å². The van der Waals surface area contributed by atoms with E-state index in [1.807, 2.05) is 0 Å². The highest BCUT2D eigenvalue weighted by molar-refractivity contribution is 5.95. The minimum Gasteiger partial charge on any atom is -0.309 e. The van der Waals surface area contributed by atoms with Crippen molar-refractivity contribution in [2.24, 2.45) is 0 Å². The van der Waals surface area contributed by atoms with Crippen molar-refractivity contribution in [3.05, 3.63) is 46.5 Å². The Labute approximate surface area is 94.7 Å². The smallest absolute Gasteiger partial charge is 0.0214 e. The molecule has 2 aromatic rings. The van der Waals surface area contributed by atoms with E-state index < -0.39 is 0 Å². The molecule has 4 rings (SSSR count). The van der Waals surface area contributed by atoms with Crippen LogP contribution in [0.5, 0.6) is 0 Å². The lowest BCUT2D eigenvalue weighted by molar-refractivity contribution is 0.667. The van der Waals surface area contributed by atoms with Crippen LogP contribution in [0.4, 0.5) is 0 Å². The lowest BCUT2D eigenvalue weighted by Gasteiger charge is -2.25. The first kappa shape index (κ1) is 8.74. The van der Waals surface area contributed by atoms with Crippen LogP contribution in [0.15, 0.2) is 24.3 Å². The fourth-order valence-corrected chi connectivity index (χ4v) is 3.04. The van der Waals surface area contributed by atoms with Gasteiger partial charge < -0.3 is 10.6 Å². The molecule has 2 nitrogen and oxygen atoms in total. The first-order valence-electron chi connectivity index (χ1n) is 5.90. The van der Waals surface area contributed by atoms with Gasteiger partial charge in [-0.2, -0.15) is 0 Å². The van der Waals surface area contributed by atoms with E-state index >= 15 is 0 Å². The third kappa shape index (κ3) is 1.03. The Balaban J connectivity index is 2.21. The molecule has 0 bridgehead atoms. The molecule has 0 amide bonds. The maximum atomic E-state index is 3.46. The Morgan fingerprint density at radius 3 is 1.19 bits per heavy atom. The van der Waals surface area contributed by atoms with Crippen molar-refractivity contribution in [2.45, 2.75) is 26.2 Å². The monoisotopic (exact) mass is 210 g/mol. The van der Waals surface area contributed by atoms with Crippen LogP contribution in [0, 0.1) is 0 Å².